The number of thioether (sulfide) groups is 1. The lowest BCUT2D eigenvalue weighted by Crippen LogP contribution is -2.48. The molecular formula is C12H16N2O2S. The summed E-state index contributed by atoms with van der Waals surface area (Å²) >= 11 is 1.80. The van der Waals surface area contributed by atoms with Crippen LogP contribution in [0.15, 0.2) is 24.3 Å². The van der Waals surface area contributed by atoms with Gasteiger partial charge >= 0.3 is 0 Å². The standard InChI is InChI=1S/C12H16N2O2S/c15-10-3-1-9(2-4-10)7-14-12(16)11-8-17-6-5-13-11/h1-4,11,13,15H,5-8H2,(H,14,16). The van der Waals surface area contributed by atoms with Crippen LogP contribution in [0.5, 0.6) is 5.75 Å². The first-order chi connectivity index (χ1) is 8.25. The zero-order chi connectivity index (χ0) is 12.1. The monoisotopic (exact) mass is 252 g/mol. The van der Waals surface area contributed by atoms with Gasteiger partial charge in [0, 0.05) is 24.6 Å². The third-order valence-corrected chi connectivity index (χ3v) is 3.70. The first kappa shape index (κ1) is 12.3. The molecule has 0 aliphatic carbocycles. The van der Waals surface area contributed by atoms with E-state index in [4.69, 9.17) is 5.11 Å². The van der Waals surface area contributed by atoms with Gasteiger partial charge in [-0.25, -0.2) is 0 Å². The second kappa shape index (κ2) is 5.93. The number of aromatic hydroxyl groups is 1. The summed E-state index contributed by atoms with van der Waals surface area (Å²) < 4.78 is 0. The minimum atomic E-state index is -0.0779. The SMILES string of the molecule is O=C(NCc1ccc(O)cc1)C1CSCCN1. The molecule has 0 aromatic heterocycles. The molecule has 1 aromatic carbocycles. The zero-order valence-corrected chi connectivity index (χ0v) is 10.3. The maximum Gasteiger partial charge on any atom is 0.238 e. The van der Waals surface area contributed by atoms with Gasteiger partial charge < -0.3 is 15.7 Å². The number of hydrogen-bond donors (Lipinski definition) is 3. The highest BCUT2D eigenvalue weighted by molar-refractivity contribution is 7.99. The van der Waals surface area contributed by atoms with Crippen LogP contribution in [-0.2, 0) is 11.3 Å². The molecule has 1 heterocycles. The van der Waals surface area contributed by atoms with E-state index in [1.165, 1.54) is 0 Å². The molecule has 92 valence electrons. The Labute approximate surface area is 105 Å². The van der Waals surface area contributed by atoms with E-state index in [9.17, 15) is 4.79 Å². The molecule has 1 aliphatic rings. The summed E-state index contributed by atoms with van der Waals surface area (Å²) in [6.07, 6.45) is 0. The molecule has 3 N–H and O–H groups in total. The average molecular weight is 252 g/mol. The van der Waals surface area contributed by atoms with Gasteiger partial charge in [-0.05, 0) is 17.7 Å². The number of amides is 1. The molecule has 17 heavy (non-hydrogen) atoms. The van der Waals surface area contributed by atoms with Gasteiger partial charge in [0.2, 0.25) is 5.91 Å². The Morgan fingerprint density at radius 3 is 2.88 bits per heavy atom. The van der Waals surface area contributed by atoms with Crippen molar-refractivity contribution in [1.29, 1.82) is 0 Å². The number of hydrogen-bond acceptors (Lipinski definition) is 4. The van der Waals surface area contributed by atoms with Crippen LogP contribution in [0.1, 0.15) is 5.56 Å². The van der Waals surface area contributed by atoms with Gasteiger partial charge in [0.25, 0.3) is 0 Å². The highest BCUT2D eigenvalue weighted by atomic mass is 32.2. The summed E-state index contributed by atoms with van der Waals surface area (Å²) in [4.78, 5) is 11.8. The van der Waals surface area contributed by atoms with Crippen LogP contribution in [0.25, 0.3) is 0 Å². The molecule has 1 unspecified atom stereocenters. The van der Waals surface area contributed by atoms with Crippen LogP contribution in [0, 0.1) is 0 Å². The molecule has 1 amide bonds. The summed E-state index contributed by atoms with van der Waals surface area (Å²) in [6, 6.07) is 6.77. The quantitative estimate of drug-likeness (QED) is 0.741. The highest BCUT2D eigenvalue weighted by Crippen LogP contribution is 2.10. The Balaban J connectivity index is 1.81. The van der Waals surface area contributed by atoms with E-state index in [0.29, 0.717) is 6.54 Å². The number of benzene rings is 1. The minimum Gasteiger partial charge on any atom is -0.508 e. The van der Waals surface area contributed by atoms with E-state index >= 15 is 0 Å². The first-order valence-corrected chi connectivity index (χ1v) is 6.78. The number of carbonyl (C=O) groups is 1. The van der Waals surface area contributed by atoms with Crippen molar-refractivity contribution in [3.8, 4) is 5.75 Å². The van der Waals surface area contributed by atoms with E-state index in [2.05, 4.69) is 10.6 Å². The number of nitrogens with one attached hydrogen (secondary N) is 2. The Bertz CT molecular complexity index is 375. The van der Waals surface area contributed by atoms with Crippen molar-refractivity contribution < 1.29 is 9.90 Å². The molecule has 1 fully saturated rings. The predicted octanol–water partition coefficient (Wildman–Crippen LogP) is 0.713. The van der Waals surface area contributed by atoms with Crippen molar-refractivity contribution in [2.75, 3.05) is 18.1 Å². The molecule has 1 aliphatic heterocycles. The van der Waals surface area contributed by atoms with Gasteiger partial charge in [-0.1, -0.05) is 12.1 Å². The Kier molecular flexibility index (Phi) is 4.28. The Hall–Kier alpha value is -1.20. The highest BCUT2D eigenvalue weighted by Gasteiger charge is 2.20. The van der Waals surface area contributed by atoms with Crippen molar-refractivity contribution in [1.82, 2.24) is 10.6 Å². The molecule has 1 aromatic rings. The summed E-state index contributed by atoms with van der Waals surface area (Å²) in [6.45, 7) is 1.39. The summed E-state index contributed by atoms with van der Waals surface area (Å²) in [7, 11) is 0. The lowest BCUT2D eigenvalue weighted by Gasteiger charge is -2.22. The third-order valence-electron chi connectivity index (χ3n) is 2.64. The molecular weight excluding hydrogens is 236 g/mol. The second-order valence-corrected chi connectivity index (χ2v) is 5.12. The fourth-order valence-electron chi connectivity index (χ4n) is 1.66. The molecule has 0 spiro atoms. The minimum absolute atomic E-state index is 0.0466. The molecule has 0 saturated carbocycles. The fourth-order valence-corrected chi connectivity index (χ4v) is 2.59. The maximum absolute atomic E-state index is 11.8. The average Bonchev–Trinajstić information content (AvgIpc) is 2.39. The van der Waals surface area contributed by atoms with E-state index in [1.807, 2.05) is 0 Å². The zero-order valence-electron chi connectivity index (χ0n) is 9.48. The fraction of sp³-hybridized carbons (Fsp3) is 0.417. The van der Waals surface area contributed by atoms with Crippen LogP contribution in [0.3, 0.4) is 0 Å². The van der Waals surface area contributed by atoms with Gasteiger partial charge in [-0.3, -0.25) is 4.79 Å². The van der Waals surface area contributed by atoms with Gasteiger partial charge in [-0.15, -0.1) is 0 Å². The number of rotatable bonds is 3. The number of carbonyl (C=O) groups excluding carboxylic acids is 1. The van der Waals surface area contributed by atoms with Gasteiger partial charge in [0.05, 0.1) is 6.04 Å². The predicted molar refractivity (Wildman–Crippen MR) is 69.1 cm³/mol. The largest absolute Gasteiger partial charge is 0.508 e. The molecule has 0 radical (unpaired) electrons. The molecule has 1 saturated heterocycles. The van der Waals surface area contributed by atoms with Gasteiger partial charge in [0.15, 0.2) is 0 Å². The molecule has 1 atom stereocenters. The molecule has 0 bridgehead atoms. The van der Waals surface area contributed by atoms with Gasteiger partial charge in [0.1, 0.15) is 5.75 Å². The van der Waals surface area contributed by atoms with E-state index in [1.54, 1.807) is 36.0 Å². The number of phenols is 1. The topological polar surface area (TPSA) is 61.4 Å². The molecule has 2 rings (SSSR count). The van der Waals surface area contributed by atoms with Crippen LogP contribution < -0.4 is 10.6 Å². The van der Waals surface area contributed by atoms with E-state index in [-0.39, 0.29) is 17.7 Å². The van der Waals surface area contributed by atoms with Crippen molar-refractivity contribution in [2.24, 2.45) is 0 Å². The smallest absolute Gasteiger partial charge is 0.238 e. The Morgan fingerprint density at radius 2 is 2.24 bits per heavy atom. The molecule has 5 heteroatoms. The third kappa shape index (κ3) is 3.64. The normalized spacial score (nSPS) is 19.9. The lowest BCUT2D eigenvalue weighted by atomic mass is 10.2. The van der Waals surface area contributed by atoms with E-state index < -0.39 is 0 Å². The number of phenolic OH excluding ortho intramolecular Hbond substituents is 1. The summed E-state index contributed by atoms with van der Waals surface area (Å²) in [5.41, 5.74) is 0.986. The first-order valence-electron chi connectivity index (χ1n) is 5.62. The maximum atomic E-state index is 11.8. The van der Waals surface area contributed by atoms with Crippen LogP contribution >= 0.6 is 11.8 Å². The van der Waals surface area contributed by atoms with Crippen LogP contribution in [0.4, 0.5) is 0 Å². The van der Waals surface area contributed by atoms with Crippen molar-refractivity contribution >= 4 is 17.7 Å². The second-order valence-electron chi connectivity index (χ2n) is 3.97. The van der Waals surface area contributed by atoms with Crippen LogP contribution in [-0.4, -0.2) is 35.1 Å². The molecule has 4 nitrogen and oxygen atoms in total. The van der Waals surface area contributed by atoms with Crippen LogP contribution in [0.2, 0.25) is 0 Å². The van der Waals surface area contributed by atoms with Crippen molar-refractivity contribution in [3.63, 3.8) is 0 Å². The van der Waals surface area contributed by atoms with Gasteiger partial charge in [-0.2, -0.15) is 11.8 Å². The van der Waals surface area contributed by atoms with Crippen molar-refractivity contribution in [3.05, 3.63) is 29.8 Å². The van der Waals surface area contributed by atoms with E-state index in [0.717, 1.165) is 23.6 Å². The Morgan fingerprint density at radius 1 is 1.47 bits per heavy atom. The van der Waals surface area contributed by atoms with Crippen molar-refractivity contribution in [2.45, 2.75) is 12.6 Å². The summed E-state index contributed by atoms with van der Waals surface area (Å²) in [5, 5.41) is 15.2. The lowest BCUT2D eigenvalue weighted by molar-refractivity contribution is -0.122. The summed E-state index contributed by atoms with van der Waals surface area (Å²) in [5.74, 6) is 2.19.